The van der Waals surface area contributed by atoms with Crippen molar-refractivity contribution in [1.29, 1.82) is 0 Å². The lowest BCUT2D eigenvalue weighted by Gasteiger charge is -2.34. The molecule has 0 N–H and O–H groups in total. The molecule has 1 aliphatic heterocycles. The van der Waals surface area contributed by atoms with Gasteiger partial charge in [-0.25, -0.2) is 4.79 Å². The number of methoxy groups -OCH3 is 2. The molecule has 1 fully saturated rings. The zero-order valence-electron chi connectivity index (χ0n) is 15.5. The maximum absolute atomic E-state index is 11.5. The number of carbonyl (C=O) groups is 1. The molecule has 3 rings (SSSR count). The highest BCUT2D eigenvalue weighted by Crippen LogP contribution is 2.15. The van der Waals surface area contributed by atoms with Gasteiger partial charge in [-0.05, 0) is 35.4 Å². The zero-order chi connectivity index (χ0) is 18.4. The minimum Gasteiger partial charge on any atom is -0.497 e. The molecule has 0 spiro atoms. The van der Waals surface area contributed by atoms with E-state index < -0.39 is 0 Å². The Morgan fingerprint density at radius 2 is 1.27 bits per heavy atom. The Balaban J connectivity index is 1.46. The van der Waals surface area contributed by atoms with Gasteiger partial charge in [-0.15, -0.1) is 0 Å². The summed E-state index contributed by atoms with van der Waals surface area (Å²) in [4.78, 5) is 16.4. The van der Waals surface area contributed by atoms with Gasteiger partial charge in [0.15, 0.2) is 0 Å². The van der Waals surface area contributed by atoms with Crippen LogP contribution in [0.15, 0.2) is 48.5 Å². The Morgan fingerprint density at radius 3 is 1.69 bits per heavy atom. The molecule has 0 atom stereocenters. The molecular formula is C21H26N2O3. The highest BCUT2D eigenvalue weighted by molar-refractivity contribution is 5.89. The lowest BCUT2D eigenvalue weighted by atomic mass is 10.1. The minimum absolute atomic E-state index is 0.288. The average molecular weight is 354 g/mol. The van der Waals surface area contributed by atoms with Crippen molar-refractivity contribution >= 4 is 5.97 Å². The number of hydrogen-bond acceptors (Lipinski definition) is 5. The van der Waals surface area contributed by atoms with Crippen molar-refractivity contribution in [2.75, 3.05) is 40.4 Å². The number of rotatable bonds is 6. The maximum Gasteiger partial charge on any atom is 0.337 e. The molecule has 0 saturated carbocycles. The monoisotopic (exact) mass is 354 g/mol. The van der Waals surface area contributed by atoms with Crippen molar-refractivity contribution in [2.45, 2.75) is 13.1 Å². The number of ether oxygens (including phenoxy) is 2. The molecule has 1 saturated heterocycles. The molecule has 138 valence electrons. The summed E-state index contributed by atoms with van der Waals surface area (Å²) in [6.45, 7) is 6.12. The number of nitrogens with zero attached hydrogens (tertiary/aromatic N) is 2. The number of carbonyl (C=O) groups excluding carboxylic acids is 1. The first-order valence-electron chi connectivity index (χ1n) is 8.93. The van der Waals surface area contributed by atoms with Crippen molar-refractivity contribution in [3.63, 3.8) is 0 Å². The smallest absolute Gasteiger partial charge is 0.337 e. The van der Waals surface area contributed by atoms with E-state index in [0.29, 0.717) is 5.56 Å². The van der Waals surface area contributed by atoms with Crippen LogP contribution in [0.4, 0.5) is 0 Å². The van der Waals surface area contributed by atoms with Crippen LogP contribution in [0.3, 0.4) is 0 Å². The lowest BCUT2D eigenvalue weighted by Crippen LogP contribution is -2.45. The van der Waals surface area contributed by atoms with Crippen LogP contribution in [-0.4, -0.2) is 56.2 Å². The van der Waals surface area contributed by atoms with Crippen molar-refractivity contribution in [3.05, 3.63) is 65.2 Å². The van der Waals surface area contributed by atoms with Crippen molar-refractivity contribution in [1.82, 2.24) is 9.80 Å². The van der Waals surface area contributed by atoms with Crippen LogP contribution in [0.25, 0.3) is 0 Å². The van der Waals surface area contributed by atoms with E-state index in [-0.39, 0.29) is 5.97 Å². The SMILES string of the molecule is COC(=O)c1ccc(CN2CCN(Cc3ccc(OC)cc3)CC2)cc1. The van der Waals surface area contributed by atoms with Crippen molar-refractivity contribution < 1.29 is 14.3 Å². The molecule has 1 aliphatic rings. The first kappa shape index (κ1) is 18.4. The third-order valence-electron chi connectivity index (χ3n) is 4.81. The highest BCUT2D eigenvalue weighted by atomic mass is 16.5. The molecule has 2 aromatic carbocycles. The number of hydrogen-bond donors (Lipinski definition) is 0. The Bertz CT molecular complexity index is 705. The molecule has 2 aromatic rings. The standard InChI is InChI=1S/C21H26N2O3/c1-25-20-9-5-18(6-10-20)16-23-13-11-22(12-14-23)15-17-3-7-19(8-4-17)21(24)26-2/h3-10H,11-16H2,1-2H3. The Morgan fingerprint density at radius 1 is 0.808 bits per heavy atom. The number of esters is 1. The minimum atomic E-state index is -0.288. The topological polar surface area (TPSA) is 42.0 Å². The average Bonchev–Trinajstić information content (AvgIpc) is 2.70. The second-order valence-corrected chi connectivity index (χ2v) is 6.59. The van der Waals surface area contributed by atoms with Gasteiger partial charge in [0.1, 0.15) is 5.75 Å². The predicted octanol–water partition coefficient (Wildman–Crippen LogP) is 2.80. The fourth-order valence-corrected chi connectivity index (χ4v) is 3.22. The highest BCUT2D eigenvalue weighted by Gasteiger charge is 2.17. The summed E-state index contributed by atoms with van der Waals surface area (Å²) < 4.78 is 9.95. The molecule has 0 amide bonds. The maximum atomic E-state index is 11.5. The van der Waals surface area contributed by atoms with Crippen LogP contribution < -0.4 is 4.74 Å². The van der Waals surface area contributed by atoms with Crippen molar-refractivity contribution in [3.8, 4) is 5.75 Å². The fraction of sp³-hybridized carbons (Fsp3) is 0.381. The normalized spacial score (nSPS) is 15.6. The predicted molar refractivity (Wildman–Crippen MR) is 101 cm³/mol. The van der Waals surface area contributed by atoms with Crippen LogP contribution in [0, 0.1) is 0 Å². The van der Waals surface area contributed by atoms with E-state index in [1.807, 2.05) is 36.4 Å². The molecule has 0 radical (unpaired) electrons. The van der Waals surface area contributed by atoms with Gasteiger partial charge < -0.3 is 9.47 Å². The molecule has 5 heteroatoms. The van der Waals surface area contributed by atoms with Crippen LogP contribution >= 0.6 is 0 Å². The largest absolute Gasteiger partial charge is 0.497 e. The summed E-state index contributed by atoms with van der Waals surface area (Å²) in [6.07, 6.45) is 0. The lowest BCUT2D eigenvalue weighted by molar-refractivity contribution is 0.0600. The van der Waals surface area contributed by atoms with Crippen LogP contribution in [0.5, 0.6) is 5.75 Å². The Kier molecular flexibility index (Phi) is 6.26. The third-order valence-corrected chi connectivity index (χ3v) is 4.81. The van der Waals surface area contributed by atoms with Gasteiger partial charge in [-0.3, -0.25) is 9.80 Å². The molecule has 0 bridgehead atoms. The number of piperazine rings is 1. The van der Waals surface area contributed by atoms with E-state index in [1.54, 1.807) is 7.11 Å². The molecule has 0 unspecified atom stereocenters. The summed E-state index contributed by atoms with van der Waals surface area (Å²) in [6, 6.07) is 16.0. The van der Waals surface area contributed by atoms with Crippen molar-refractivity contribution in [2.24, 2.45) is 0 Å². The Labute approximate surface area is 155 Å². The van der Waals surface area contributed by atoms with E-state index >= 15 is 0 Å². The molecule has 1 heterocycles. The summed E-state index contributed by atoms with van der Waals surface area (Å²) in [7, 11) is 3.10. The Hall–Kier alpha value is -2.37. The quantitative estimate of drug-likeness (QED) is 0.746. The molecule has 5 nitrogen and oxygen atoms in total. The van der Waals surface area contributed by atoms with E-state index in [9.17, 15) is 4.79 Å². The third kappa shape index (κ3) is 4.84. The molecular weight excluding hydrogens is 328 g/mol. The summed E-state index contributed by atoms with van der Waals surface area (Å²) in [5.41, 5.74) is 3.14. The van der Waals surface area contributed by atoms with Gasteiger partial charge in [0.25, 0.3) is 0 Å². The second kappa shape index (κ2) is 8.83. The van der Waals surface area contributed by atoms with Gasteiger partial charge in [0.05, 0.1) is 19.8 Å². The van der Waals surface area contributed by atoms with E-state index in [1.165, 1.54) is 18.2 Å². The second-order valence-electron chi connectivity index (χ2n) is 6.59. The van der Waals surface area contributed by atoms with Crippen LogP contribution in [0.1, 0.15) is 21.5 Å². The number of benzene rings is 2. The summed E-state index contributed by atoms with van der Waals surface area (Å²) >= 11 is 0. The molecule has 0 aromatic heterocycles. The van der Waals surface area contributed by atoms with E-state index in [0.717, 1.165) is 45.0 Å². The molecule has 26 heavy (non-hydrogen) atoms. The van der Waals surface area contributed by atoms with Gasteiger partial charge >= 0.3 is 5.97 Å². The van der Waals surface area contributed by atoms with Gasteiger partial charge in [-0.2, -0.15) is 0 Å². The van der Waals surface area contributed by atoms with Gasteiger partial charge in [0, 0.05) is 39.3 Å². The van der Waals surface area contributed by atoms with E-state index in [2.05, 4.69) is 21.9 Å². The van der Waals surface area contributed by atoms with Gasteiger partial charge in [-0.1, -0.05) is 24.3 Å². The van der Waals surface area contributed by atoms with Crippen LogP contribution in [0.2, 0.25) is 0 Å². The van der Waals surface area contributed by atoms with E-state index in [4.69, 9.17) is 9.47 Å². The summed E-state index contributed by atoms with van der Waals surface area (Å²) in [5, 5.41) is 0. The molecule has 0 aliphatic carbocycles. The van der Waals surface area contributed by atoms with Gasteiger partial charge in [0.2, 0.25) is 0 Å². The van der Waals surface area contributed by atoms with Crippen LogP contribution in [-0.2, 0) is 17.8 Å². The fourth-order valence-electron chi connectivity index (χ4n) is 3.22. The first-order valence-corrected chi connectivity index (χ1v) is 8.93. The summed E-state index contributed by atoms with van der Waals surface area (Å²) in [5.74, 6) is 0.612. The zero-order valence-corrected chi connectivity index (χ0v) is 15.5. The first-order chi connectivity index (χ1) is 12.7.